The van der Waals surface area contributed by atoms with Gasteiger partial charge in [-0.15, -0.1) is 0 Å². The summed E-state index contributed by atoms with van der Waals surface area (Å²) in [7, 11) is -3.11. The zero-order valence-electron chi connectivity index (χ0n) is 7.65. The van der Waals surface area contributed by atoms with Gasteiger partial charge >= 0.3 is 5.97 Å². The summed E-state index contributed by atoms with van der Waals surface area (Å²) in [4.78, 5) is 10.2. The predicted molar refractivity (Wildman–Crippen MR) is 52.0 cm³/mol. The molecule has 14 heavy (non-hydrogen) atoms. The predicted octanol–water partition coefficient (Wildman–Crippen LogP) is -0.632. The summed E-state index contributed by atoms with van der Waals surface area (Å²) in [5, 5.41) is 15.2. The van der Waals surface area contributed by atoms with E-state index < -0.39 is 21.5 Å². The summed E-state index contributed by atoms with van der Waals surface area (Å²) in [6.45, 7) is 0. The first-order chi connectivity index (χ1) is 6.22. The minimum Gasteiger partial charge on any atom is -0.477 e. The summed E-state index contributed by atoms with van der Waals surface area (Å²) in [6, 6.07) is 0. The molecule has 0 saturated heterocycles. The molecule has 6 nitrogen and oxygen atoms in total. The zero-order chi connectivity index (χ0) is 11.4. The second-order valence-corrected chi connectivity index (χ2v) is 5.08. The van der Waals surface area contributed by atoms with Crippen molar-refractivity contribution in [2.75, 3.05) is 12.0 Å². The topological polar surface area (TPSA) is 121 Å². The highest BCUT2D eigenvalue weighted by atomic mass is 32.2. The standard InChI is InChI=1S/C7H12N2O4S/c1-14(12,13)3-2-5(8)4-6(9)7(10)11/h4,9H,2-3,8H2,1H3,(H,10,11)/b5-4-,9-6?. The Hall–Kier alpha value is -1.37. The molecule has 0 aliphatic rings. The van der Waals surface area contributed by atoms with Gasteiger partial charge in [0.15, 0.2) is 0 Å². The summed E-state index contributed by atoms with van der Waals surface area (Å²) in [5.74, 6) is -1.55. The summed E-state index contributed by atoms with van der Waals surface area (Å²) < 4.78 is 21.4. The first-order valence-corrected chi connectivity index (χ1v) is 5.74. The Morgan fingerprint density at radius 1 is 1.57 bits per heavy atom. The second kappa shape index (κ2) is 4.75. The van der Waals surface area contributed by atoms with Crippen molar-refractivity contribution in [3.8, 4) is 0 Å². The van der Waals surface area contributed by atoms with Gasteiger partial charge in [-0.3, -0.25) is 5.41 Å². The Morgan fingerprint density at radius 3 is 2.43 bits per heavy atom. The molecule has 4 N–H and O–H groups in total. The lowest BCUT2D eigenvalue weighted by Crippen LogP contribution is -2.13. The Morgan fingerprint density at radius 2 is 2.07 bits per heavy atom. The van der Waals surface area contributed by atoms with E-state index in [9.17, 15) is 13.2 Å². The summed E-state index contributed by atoms with van der Waals surface area (Å²) in [6.07, 6.45) is 2.03. The number of allylic oxidation sites excluding steroid dienone is 1. The normalized spacial score (nSPS) is 12.5. The maximum atomic E-state index is 10.7. The maximum Gasteiger partial charge on any atom is 0.353 e. The smallest absolute Gasteiger partial charge is 0.353 e. The van der Waals surface area contributed by atoms with Crippen molar-refractivity contribution in [3.63, 3.8) is 0 Å². The molecule has 0 amide bonds. The molecule has 0 aromatic carbocycles. The third-order valence-corrected chi connectivity index (χ3v) is 2.27. The monoisotopic (exact) mass is 220 g/mol. The van der Waals surface area contributed by atoms with Gasteiger partial charge in [0, 0.05) is 18.4 Å². The number of carbonyl (C=O) groups is 1. The number of hydrogen-bond acceptors (Lipinski definition) is 5. The number of nitrogens with two attached hydrogens (primary N) is 1. The quantitative estimate of drug-likeness (QED) is 0.532. The molecule has 0 spiro atoms. The molecule has 0 bridgehead atoms. The van der Waals surface area contributed by atoms with Crippen LogP contribution in [0.4, 0.5) is 0 Å². The number of rotatable bonds is 5. The minimum atomic E-state index is -3.11. The van der Waals surface area contributed by atoms with Gasteiger partial charge in [0.05, 0.1) is 5.75 Å². The van der Waals surface area contributed by atoms with E-state index in [0.29, 0.717) is 0 Å². The summed E-state index contributed by atoms with van der Waals surface area (Å²) in [5.41, 5.74) is 4.73. The molecule has 0 aliphatic carbocycles. The van der Waals surface area contributed by atoms with E-state index in [1.54, 1.807) is 0 Å². The van der Waals surface area contributed by atoms with Gasteiger partial charge < -0.3 is 10.8 Å². The Kier molecular flexibility index (Phi) is 4.29. The number of carboxylic acids is 1. The highest BCUT2D eigenvalue weighted by molar-refractivity contribution is 7.90. The van der Waals surface area contributed by atoms with Crippen LogP contribution in [0, 0.1) is 5.41 Å². The first-order valence-electron chi connectivity index (χ1n) is 3.68. The van der Waals surface area contributed by atoms with Crippen LogP contribution in [-0.2, 0) is 14.6 Å². The molecule has 80 valence electrons. The van der Waals surface area contributed by atoms with E-state index in [1.165, 1.54) is 0 Å². The maximum absolute atomic E-state index is 10.7. The molecule has 0 rings (SSSR count). The molecule has 0 fully saturated rings. The van der Waals surface area contributed by atoms with Gasteiger partial charge in [-0.05, 0) is 6.08 Å². The Bertz CT molecular complexity index is 369. The molecule has 0 aromatic heterocycles. The van der Waals surface area contributed by atoms with E-state index in [1.807, 2.05) is 0 Å². The van der Waals surface area contributed by atoms with E-state index in [4.69, 9.17) is 16.2 Å². The van der Waals surface area contributed by atoms with Crippen LogP contribution in [0.15, 0.2) is 11.8 Å². The van der Waals surface area contributed by atoms with Gasteiger partial charge in [-0.1, -0.05) is 0 Å². The molecule has 0 radical (unpaired) electrons. The lowest BCUT2D eigenvalue weighted by molar-refractivity contribution is -0.129. The van der Waals surface area contributed by atoms with Crippen LogP contribution in [0.1, 0.15) is 6.42 Å². The molecule has 0 aliphatic heterocycles. The third-order valence-electron chi connectivity index (χ3n) is 1.32. The molecule has 0 heterocycles. The van der Waals surface area contributed by atoms with Gasteiger partial charge in [-0.25, -0.2) is 13.2 Å². The van der Waals surface area contributed by atoms with Crippen LogP contribution in [0.25, 0.3) is 0 Å². The van der Waals surface area contributed by atoms with Crippen LogP contribution in [0.3, 0.4) is 0 Å². The number of nitrogens with one attached hydrogen (secondary N) is 1. The fourth-order valence-electron chi connectivity index (χ4n) is 0.623. The highest BCUT2D eigenvalue weighted by Crippen LogP contribution is 1.97. The van der Waals surface area contributed by atoms with Crippen LogP contribution >= 0.6 is 0 Å². The molecule has 0 saturated carbocycles. The van der Waals surface area contributed by atoms with Crippen molar-refractivity contribution in [2.45, 2.75) is 6.42 Å². The fourth-order valence-corrected chi connectivity index (χ4v) is 1.23. The van der Waals surface area contributed by atoms with Crippen molar-refractivity contribution in [2.24, 2.45) is 5.73 Å². The van der Waals surface area contributed by atoms with E-state index in [-0.39, 0.29) is 17.9 Å². The van der Waals surface area contributed by atoms with Crippen molar-refractivity contribution < 1.29 is 18.3 Å². The average Bonchev–Trinajstić information content (AvgIpc) is 1.99. The molecule has 0 aromatic rings. The molecule has 0 unspecified atom stereocenters. The number of aliphatic carboxylic acids is 1. The van der Waals surface area contributed by atoms with E-state index in [2.05, 4.69) is 0 Å². The second-order valence-electron chi connectivity index (χ2n) is 2.82. The largest absolute Gasteiger partial charge is 0.477 e. The van der Waals surface area contributed by atoms with Crippen LogP contribution in [0.5, 0.6) is 0 Å². The van der Waals surface area contributed by atoms with E-state index >= 15 is 0 Å². The number of hydrogen-bond donors (Lipinski definition) is 3. The first kappa shape index (κ1) is 12.6. The lowest BCUT2D eigenvalue weighted by Gasteiger charge is -1.99. The highest BCUT2D eigenvalue weighted by Gasteiger charge is 2.06. The van der Waals surface area contributed by atoms with Gasteiger partial charge in [0.2, 0.25) is 0 Å². The van der Waals surface area contributed by atoms with Crippen molar-refractivity contribution in [1.29, 1.82) is 5.41 Å². The SMILES string of the molecule is CS(=O)(=O)CC/C(N)=C/C(=N)C(=O)O. The van der Waals surface area contributed by atoms with Crippen LogP contribution in [0.2, 0.25) is 0 Å². The van der Waals surface area contributed by atoms with Crippen molar-refractivity contribution >= 4 is 21.5 Å². The van der Waals surface area contributed by atoms with Crippen molar-refractivity contribution in [3.05, 3.63) is 11.8 Å². The van der Waals surface area contributed by atoms with Gasteiger partial charge in [0.25, 0.3) is 0 Å². The fraction of sp³-hybridized carbons (Fsp3) is 0.429. The molecular formula is C7H12N2O4S. The molecule has 0 atom stereocenters. The lowest BCUT2D eigenvalue weighted by atomic mass is 10.2. The Balaban J connectivity index is 4.29. The van der Waals surface area contributed by atoms with Crippen molar-refractivity contribution in [1.82, 2.24) is 0 Å². The zero-order valence-corrected chi connectivity index (χ0v) is 8.47. The van der Waals surface area contributed by atoms with E-state index in [0.717, 1.165) is 12.3 Å². The van der Waals surface area contributed by atoms with Gasteiger partial charge in [0.1, 0.15) is 15.5 Å². The third kappa shape index (κ3) is 6.18. The number of carboxylic acid groups (broad SMARTS) is 1. The Labute approximate surface area is 81.8 Å². The molecule has 7 heteroatoms. The molecular weight excluding hydrogens is 208 g/mol. The van der Waals surface area contributed by atoms with Gasteiger partial charge in [-0.2, -0.15) is 0 Å². The van der Waals surface area contributed by atoms with Crippen LogP contribution in [-0.4, -0.2) is 37.2 Å². The van der Waals surface area contributed by atoms with Crippen LogP contribution < -0.4 is 5.73 Å². The number of sulfone groups is 1. The summed E-state index contributed by atoms with van der Waals surface area (Å²) >= 11 is 0. The average molecular weight is 220 g/mol. The minimum absolute atomic E-state index is 0.0362.